The Labute approximate surface area is 156 Å². The first kappa shape index (κ1) is 18.6. The predicted octanol–water partition coefficient (Wildman–Crippen LogP) is 3.79. The highest BCUT2D eigenvalue weighted by Crippen LogP contribution is 2.23. The van der Waals surface area contributed by atoms with Crippen molar-refractivity contribution in [2.24, 2.45) is 20.0 Å². The fourth-order valence-electron chi connectivity index (χ4n) is 3.49. The van der Waals surface area contributed by atoms with Crippen molar-refractivity contribution in [2.45, 2.75) is 57.4 Å². The summed E-state index contributed by atoms with van der Waals surface area (Å²) in [4.78, 5) is 20.4. The van der Waals surface area contributed by atoms with Gasteiger partial charge >= 0.3 is 0 Å². The van der Waals surface area contributed by atoms with E-state index in [-0.39, 0.29) is 11.3 Å². The third-order valence-electron chi connectivity index (χ3n) is 5.04. The minimum atomic E-state index is -0.251. The molecule has 0 bridgehead atoms. The van der Waals surface area contributed by atoms with Gasteiger partial charge in [-0.3, -0.25) is 24.9 Å². The minimum Gasteiger partial charge on any atom is -0.299 e. The van der Waals surface area contributed by atoms with Crippen LogP contribution in [0.2, 0.25) is 0 Å². The molecule has 0 atom stereocenters. The van der Waals surface area contributed by atoms with Crippen molar-refractivity contribution in [3.05, 3.63) is 35.9 Å². The molecule has 5 nitrogen and oxygen atoms in total. The number of nitrogens with zero attached hydrogens (tertiary/aromatic N) is 5. The van der Waals surface area contributed by atoms with Crippen LogP contribution in [0.15, 0.2) is 50.3 Å². The Kier molecular flexibility index (Phi) is 6.09. The van der Waals surface area contributed by atoms with Crippen LogP contribution >= 0.6 is 0 Å². The Morgan fingerprint density at radius 1 is 0.731 bits per heavy atom. The molecule has 0 aromatic heterocycles. The summed E-state index contributed by atoms with van der Waals surface area (Å²) in [6, 6.07) is 10.7. The fraction of sp³-hybridized carbons (Fsp3) is 0.524. The van der Waals surface area contributed by atoms with E-state index in [0.717, 1.165) is 45.3 Å². The molecule has 0 aliphatic carbocycles. The van der Waals surface area contributed by atoms with Gasteiger partial charge in [0.15, 0.2) is 0 Å². The lowest BCUT2D eigenvalue weighted by atomic mass is 10.1. The van der Waals surface area contributed by atoms with Crippen LogP contribution in [-0.2, 0) is 6.54 Å². The highest BCUT2D eigenvalue weighted by Gasteiger charge is 2.24. The van der Waals surface area contributed by atoms with Gasteiger partial charge in [0.05, 0.1) is 0 Å². The topological polar surface area (TPSA) is 52.7 Å². The summed E-state index contributed by atoms with van der Waals surface area (Å²) in [7, 11) is 0. The average molecular weight is 351 g/mol. The van der Waals surface area contributed by atoms with Gasteiger partial charge < -0.3 is 0 Å². The first-order valence-corrected chi connectivity index (χ1v) is 9.51. The molecule has 138 valence electrons. The van der Waals surface area contributed by atoms with Gasteiger partial charge in [-0.1, -0.05) is 30.3 Å². The summed E-state index contributed by atoms with van der Waals surface area (Å²) in [5.74, 6) is 0. The highest BCUT2D eigenvalue weighted by molar-refractivity contribution is 6.18. The molecule has 3 rings (SSSR count). The van der Waals surface area contributed by atoms with Crippen LogP contribution in [0, 0.1) is 0 Å². The molecule has 1 aromatic carbocycles. The molecule has 0 saturated carbocycles. The summed E-state index contributed by atoms with van der Waals surface area (Å²) in [5.41, 5.74) is 0.858. The van der Waals surface area contributed by atoms with Gasteiger partial charge in [-0.15, -0.1) is 0 Å². The van der Waals surface area contributed by atoms with E-state index in [9.17, 15) is 0 Å². The van der Waals surface area contributed by atoms with E-state index in [0.29, 0.717) is 0 Å². The number of aliphatic imine (C=N–C) groups is 4. The second-order valence-corrected chi connectivity index (χ2v) is 7.52. The zero-order chi connectivity index (χ0) is 18.3. The molecule has 0 saturated heterocycles. The van der Waals surface area contributed by atoms with Crippen molar-refractivity contribution >= 4 is 24.9 Å². The summed E-state index contributed by atoms with van der Waals surface area (Å²) >= 11 is 0. The first-order chi connectivity index (χ1) is 12.6. The van der Waals surface area contributed by atoms with Crippen LogP contribution in [0.5, 0.6) is 0 Å². The lowest BCUT2D eigenvalue weighted by Gasteiger charge is -2.26. The molecule has 0 unspecified atom stereocenters. The molecule has 0 radical (unpaired) electrons. The number of rotatable bonds is 10. The fourth-order valence-corrected chi connectivity index (χ4v) is 3.49. The Morgan fingerprint density at radius 3 is 1.65 bits per heavy atom. The van der Waals surface area contributed by atoms with Crippen LogP contribution in [-0.4, -0.2) is 54.2 Å². The van der Waals surface area contributed by atoms with Gasteiger partial charge in [0.25, 0.3) is 0 Å². The maximum Gasteiger partial charge on any atom is 0.147 e. The smallest absolute Gasteiger partial charge is 0.147 e. The summed E-state index contributed by atoms with van der Waals surface area (Å²) < 4.78 is 0. The zero-order valence-corrected chi connectivity index (χ0v) is 15.9. The standard InChI is InChI=1S/C21H29N5/c1-20(22-12-13-23-20)10-6-16-26(18-19-8-4-3-5-9-19)17-7-11-21(2)24-14-15-25-21/h3-5,8-9,12-15H,6-7,10-11,16-18H2,1-2H3. The quantitative estimate of drug-likeness (QED) is 0.633. The largest absolute Gasteiger partial charge is 0.299 e. The van der Waals surface area contributed by atoms with E-state index in [4.69, 9.17) is 0 Å². The second kappa shape index (κ2) is 8.49. The van der Waals surface area contributed by atoms with E-state index in [1.807, 2.05) is 24.9 Å². The molecule has 0 fully saturated rings. The van der Waals surface area contributed by atoms with E-state index >= 15 is 0 Å². The van der Waals surface area contributed by atoms with Gasteiger partial charge in [0.2, 0.25) is 0 Å². The number of hydrogen-bond donors (Lipinski definition) is 0. The van der Waals surface area contributed by atoms with Crippen molar-refractivity contribution in [1.29, 1.82) is 0 Å². The lowest BCUT2D eigenvalue weighted by molar-refractivity contribution is 0.238. The first-order valence-electron chi connectivity index (χ1n) is 9.51. The third kappa shape index (κ3) is 5.43. The normalized spacial score (nSPS) is 19.0. The van der Waals surface area contributed by atoms with Crippen molar-refractivity contribution in [1.82, 2.24) is 4.90 Å². The van der Waals surface area contributed by atoms with Gasteiger partial charge in [-0.2, -0.15) is 0 Å². The molecular formula is C21H29N5. The molecule has 0 spiro atoms. The lowest BCUT2D eigenvalue weighted by Crippen LogP contribution is -2.29. The monoisotopic (exact) mass is 351 g/mol. The van der Waals surface area contributed by atoms with Gasteiger partial charge in [0.1, 0.15) is 11.3 Å². The van der Waals surface area contributed by atoms with Gasteiger partial charge in [-0.25, -0.2) is 0 Å². The van der Waals surface area contributed by atoms with Crippen LogP contribution < -0.4 is 0 Å². The van der Waals surface area contributed by atoms with E-state index in [1.54, 1.807) is 0 Å². The van der Waals surface area contributed by atoms with E-state index < -0.39 is 0 Å². The second-order valence-electron chi connectivity index (χ2n) is 7.52. The molecule has 2 heterocycles. The third-order valence-corrected chi connectivity index (χ3v) is 5.04. The Balaban J connectivity index is 1.51. The Bertz CT molecular complexity index is 626. The van der Waals surface area contributed by atoms with E-state index in [2.05, 4.69) is 69.0 Å². The van der Waals surface area contributed by atoms with Gasteiger partial charge in [-0.05, 0) is 58.2 Å². The van der Waals surface area contributed by atoms with Crippen LogP contribution in [0.3, 0.4) is 0 Å². The Hall–Kier alpha value is -2.14. The van der Waals surface area contributed by atoms with E-state index in [1.165, 1.54) is 5.56 Å². The minimum absolute atomic E-state index is 0.251. The summed E-state index contributed by atoms with van der Waals surface area (Å²) in [6.07, 6.45) is 11.4. The SMILES string of the molecule is CC1(CCCN(CCCC2(C)N=CC=N2)Cc2ccccc2)N=CC=N1. The van der Waals surface area contributed by atoms with Gasteiger partial charge in [0, 0.05) is 31.4 Å². The molecular weight excluding hydrogens is 322 g/mol. The average Bonchev–Trinajstić information content (AvgIpc) is 3.25. The van der Waals surface area contributed by atoms with Crippen molar-refractivity contribution in [3.63, 3.8) is 0 Å². The number of hydrogen-bond acceptors (Lipinski definition) is 5. The summed E-state index contributed by atoms with van der Waals surface area (Å²) in [6.45, 7) is 7.29. The predicted molar refractivity (Wildman–Crippen MR) is 111 cm³/mol. The van der Waals surface area contributed by atoms with Crippen LogP contribution in [0.1, 0.15) is 45.1 Å². The summed E-state index contributed by atoms with van der Waals surface area (Å²) in [5, 5.41) is 0. The Morgan fingerprint density at radius 2 is 1.19 bits per heavy atom. The van der Waals surface area contributed by atoms with Crippen molar-refractivity contribution in [3.8, 4) is 0 Å². The molecule has 26 heavy (non-hydrogen) atoms. The number of benzene rings is 1. The molecule has 5 heteroatoms. The maximum absolute atomic E-state index is 4.47. The molecule has 0 N–H and O–H groups in total. The molecule has 2 aliphatic rings. The maximum atomic E-state index is 4.47. The van der Waals surface area contributed by atoms with Crippen LogP contribution in [0.4, 0.5) is 0 Å². The van der Waals surface area contributed by atoms with Crippen molar-refractivity contribution < 1.29 is 0 Å². The zero-order valence-electron chi connectivity index (χ0n) is 15.9. The molecule has 2 aliphatic heterocycles. The van der Waals surface area contributed by atoms with Crippen LogP contribution in [0.25, 0.3) is 0 Å². The molecule has 1 aromatic rings. The molecule has 0 amide bonds. The van der Waals surface area contributed by atoms with Crippen molar-refractivity contribution in [2.75, 3.05) is 13.1 Å². The highest BCUT2D eigenvalue weighted by atomic mass is 15.1.